The highest BCUT2D eigenvalue weighted by Gasteiger charge is 2.46. The van der Waals surface area contributed by atoms with E-state index in [1.807, 2.05) is 81.4 Å². The van der Waals surface area contributed by atoms with Crippen LogP contribution in [-0.4, -0.2) is 17.0 Å². The van der Waals surface area contributed by atoms with Gasteiger partial charge in [0.1, 0.15) is 0 Å². The van der Waals surface area contributed by atoms with E-state index in [4.69, 9.17) is 0 Å². The van der Waals surface area contributed by atoms with Crippen molar-refractivity contribution >= 4 is 24.1 Å². The molecule has 0 saturated carbocycles. The zero-order valence-electron chi connectivity index (χ0n) is 18.1. The Hall–Kier alpha value is -2.15. The second-order valence-corrected chi connectivity index (χ2v) is 10.8. The van der Waals surface area contributed by atoms with Gasteiger partial charge in [-0.2, -0.15) is 0 Å². The molecule has 1 aliphatic rings. The van der Waals surface area contributed by atoms with E-state index >= 15 is 0 Å². The van der Waals surface area contributed by atoms with E-state index in [-0.39, 0.29) is 33.9 Å². The highest BCUT2D eigenvalue weighted by molar-refractivity contribution is 8.14. The van der Waals surface area contributed by atoms with Crippen molar-refractivity contribution in [2.24, 2.45) is 5.92 Å². The summed E-state index contributed by atoms with van der Waals surface area (Å²) in [5.41, 5.74) is 2.36. The molecule has 2 aromatic rings. The molecule has 2 aromatic carbocycles. The van der Waals surface area contributed by atoms with E-state index in [9.17, 15) is 17.7 Å². The molecule has 0 unspecified atom stereocenters. The van der Waals surface area contributed by atoms with Crippen molar-refractivity contribution in [1.82, 2.24) is 0 Å². The minimum Gasteiger partial charge on any atom is -0.638 e. The van der Waals surface area contributed by atoms with Crippen molar-refractivity contribution in [2.75, 3.05) is 0 Å². The quantitative estimate of drug-likeness (QED) is 0.436. The van der Waals surface area contributed by atoms with Crippen molar-refractivity contribution in [1.29, 1.82) is 0 Å². The summed E-state index contributed by atoms with van der Waals surface area (Å²) in [6.07, 6.45) is -0.0103. The van der Waals surface area contributed by atoms with Gasteiger partial charge in [0.2, 0.25) is 0 Å². The standard InChI is InChI=1S/C24H27BF3O2S/c1-16-21(17-11-7-5-8-12-17)22(18-13-9-6-10-14-18)19(23(16)30-25(26,27)28)15-20(29)31-24(2,3)4/h5-14,19,21-22H,15H2,1-4H3/q-1/t19-,21+,22-/m1/s1. The van der Waals surface area contributed by atoms with Gasteiger partial charge in [-0.15, -0.1) is 0 Å². The van der Waals surface area contributed by atoms with Crippen LogP contribution in [0.3, 0.4) is 0 Å². The highest BCUT2D eigenvalue weighted by Crippen LogP contribution is 2.55. The van der Waals surface area contributed by atoms with Gasteiger partial charge < -0.3 is 17.6 Å². The van der Waals surface area contributed by atoms with Gasteiger partial charge in [-0.3, -0.25) is 4.79 Å². The Bertz CT molecular complexity index is 937. The maximum absolute atomic E-state index is 13.4. The van der Waals surface area contributed by atoms with Gasteiger partial charge in [-0.05, 0) is 23.6 Å². The van der Waals surface area contributed by atoms with E-state index in [1.54, 1.807) is 6.92 Å². The maximum atomic E-state index is 13.4. The maximum Gasteiger partial charge on any atom is 0.699 e. The van der Waals surface area contributed by atoms with Gasteiger partial charge in [0.15, 0.2) is 5.12 Å². The van der Waals surface area contributed by atoms with Gasteiger partial charge in [-0.25, -0.2) is 0 Å². The topological polar surface area (TPSA) is 26.3 Å². The van der Waals surface area contributed by atoms with Crippen LogP contribution in [0.2, 0.25) is 0 Å². The lowest BCUT2D eigenvalue weighted by molar-refractivity contribution is -0.112. The van der Waals surface area contributed by atoms with Crippen LogP contribution < -0.4 is 0 Å². The zero-order valence-corrected chi connectivity index (χ0v) is 19.0. The molecule has 1 aliphatic carbocycles. The molecule has 0 N–H and O–H groups in total. The fourth-order valence-electron chi connectivity index (χ4n) is 4.43. The van der Waals surface area contributed by atoms with Crippen LogP contribution in [-0.2, 0) is 9.45 Å². The molecule has 0 saturated heterocycles. The molecule has 2 nitrogen and oxygen atoms in total. The fraction of sp³-hybridized carbons (Fsp3) is 0.375. The number of hydrogen-bond acceptors (Lipinski definition) is 3. The molecule has 0 amide bonds. The Morgan fingerprint density at radius 1 is 0.968 bits per heavy atom. The number of carbonyl (C=O) groups is 1. The average molecular weight is 447 g/mol. The number of allylic oxidation sites excluding steroid dienone is 2. The molecule has 31 heavy (non-hydrogen) atoms. The van der Waals surface area contributed by atoms with Crippen LogP contribution in [0, 0.1) is 5.92 Å². The average Bonchev–Trinajstić information content (AvgIpc) is 2.92. The van der Waals surface area contributed by atoms with E-state index in [2.05, 4.69) is 4.65 Å². The van der Waals surface area contributed by atoms with Crippen LogP contribution in [0.5, 0.6) is 0 Å². The lowest BCUT2D eigenvalue weighted by Crippen LogP contribution is -2.26. The van der Waals surface area contributed by atoms with Gasteiger partial charge >= 0.3 is 7.18 Å². The normalized spacial score (nSPS) is 22.0. The lowest BCUT2D eigenvalue weighted by atomic mass is 9.76. The van der Waals surface area contributed by atoms with E-state index < -0.39 is 13.1 Å². The number of rotatable bonds is 6. The van der Waals surface area contributed by atoms with Crippen LogP contribution in [0.25, 0.3) is 0 Å². The van der Waals surface area contributed by atoms with Crippen LogP contribution in [0.1, 0.15) is 57.1 Å². The molecule has 0 aliphatic heterocycles. The smallest absolute Gasteiger partial charge is 0.638 e. The summed E-state index contributed by atoms with van der Waals surface area (Å²) in [6, 6.07) is 19.0. The molecular formula is C24H27BF3O2S-. The summed E-state index contributed by atoms with van der Waals surface area (Å²) < 4.78 is 44.6. The number of hydrogen-bond donors (Lipinski definition) is 0. The predicted octanol–water partition coefficient (Wildman–Crippen LogP) is 7.27. The summed E-state index contributed by atoms with van der Waals surface area (Å²) in [7, 11) is -5.50. The SMILES string of the molecule is CC1=C(O[B-](F)(F)F)[C@H](CC(=O)SC(C)(C)C)[C@@H](c2ccccc2)[C@@H]1c1ccccc1. The van der Waals surface area contributed by atoms with Crippen LogP contribution in [0.4, 0.5) is 12.9 Å². The Morgan fingerprint density at radius 2 is 1.48 bits per heavy atom. The van der Waals surface area contributed by atoms with E-state index in [0.717, 1.165) is 11.1 Å². The lowest BCUT2D eigenvalue weighted by Gasteiger charge is -2.30. The fourth-order valence-corrected chi connectivity index (χ4v) is 5.38. The summed E-state index contributed by atoms with van der Waals surface area (Å²) in [4.78, 5) is 12.9. The Kier molecular flexibility index (Phi) is 6.94. The molecule has 0 fully saturated rings. The zero-order chi connectivity index (χ0) is 22.8. The summed E-state index contributed by atoms with van der Waals surface area (Å²) in [6.45, 7) is 7.46. The number of halogens is 3. The molecule has 0 spiro atoms. The van der Waals surface area contributed by atoms with Gasteiger partial charge in [0.25, 0.3) is 0 Å². The molecule has 166 valence electrons. The monoisotopic (exact) mass is 447 g/mol. The number of carbonyl (C=O) groups excluding carboxylic acids is 1. The van der Waals surface area contributed by atoms with Gasteiger partial charge in [-0.1, -0.05) is 93.2 Å². The third-order valence-corrected chi connectivity index (χ3v) is 6.40. The molecule has 0 radical (unpaired) electrons. The molecule has 3 atom stereocenters. The van der Waals surface area contributed by atoms with Crippen LogP contribution >= 0.6 is 11.8 Å². The first-order valence-corrected chi connectivity index (χ1v) is 11.2. The first-order valence-electron chi connectivity index (χ1n) is 10.4. The minimum atomic E-state index is -5.50. The van der Waals surface area contributed by atoms with Crippen molar-refractivity contribution < 1.29 is 22.4 Å². The Labute approximate surface area is 186 Å². The molecule has 0 heterocycles. The minimum absolute atomic E-state index is 0.0103. The highest BCUT2D eigenvalue weighted by atomic mass is 32.2. The first kappa shape index (κ1) is 23.5. The second-order valence-electron chi connectivity index (χ2n) is 8.90. The van der Waals surface area contributed by atoms with Crippen molar-refractivity contribution in [3.63, 3.8) is 0 Å². The summed E-state index contributed by atoms with van der Waals surface area (Å²) in [5.74, 6) is -1.40. The van der Waals surface area contributed by atoms with Crippen molar-refractivity contribution in [3.05, 3.63) is 83.1 Å². The van der Waals surface area contributed by atoms with Gasteiger partial charge in [0, 0.05) is 28.9 Å². The number of benzene rings is 2. The van der Waals surface area contributed by atoms with Crippen LogP contribution in [0.15, 0.2) is 72.0 Å². The third-order valence-electron chi connectivity index (χ3n) is 5.39. The van der Waals surface area contributed by atoms with E-state index in [1.165, 1.54) is 11.8 Å². The first-order chi connectivity index (χ1) is 14.5. The summed E-state index contributed by atoms with van der Waals surface area (Å²) in [5, 5.41) is -0.129. The molecule has 0 aromatic heterocycles. The summed E-state index contributed by atoms with van der Waals surface area (Å²) >= 11 is 1.17. The second kappa shape index (κ2) is 9.15. The van der Waals surface area contributed by atoms with Gasteiger partial charge in [0.05, 0.1) is 5.76 Å². The molecular weight excluding hydrogens is 420 g/mol. The molecule has 0 bridgehead atoms. The van der Waals surface area contributed by atoms with Crippen molar-refractivity contribution in [2.45, 2.75) is 50.7 Å². The van der Waals surface area contributed by atoms with Crippen molar-refractivity contribution in [3.8, 4) is 0 Å². The largest absolute Gasteiger partial charge is 0.699 e. The predicted molar refractivity (Wildman–Crippen MR) is 122 cm³/mol. The Balaban J connectivity index is 2.10. The molecule has 3 rings (SSSR count). The third kappa shape index (κ3) is 5.97. The number of thioether (sulfide) groups is 1. The Morgan fingerprint density at radius 3 is 1.97 bits per heavy atom. The molecule has 7 heteroatoms. The van der Waals surface area contributed by atoms with E-state index in [0.29, 0.717) is 5.57 Å².